The van der Waals surface area contributed by atoms with Crippen LogP contribution in [0.15, 0.2) is 0 Å². The van der Waals surface area contributed by atoms with E-state index in [0.29, 0.717) is 23.0 Å². The molecule has 0 aliphatic carbocycles. The van der Waals surface area contributed by atoms with Gasteiger partial charge in [-0.3, -0.25) is 0 Å². The van der Waals surface area contributed by atoms with Crippen LogP contribution in [0.5, 0.6) is 0 Å². The van der Waals surface area contributed by atoms with Gasteiger partial charge in [-0.2, -0.15) is 0 Å². The third-order valence-corrected chi connectivity index (χ3v) is 0. The van der Waals surface area contributed by atoms with Gasteiger partial charge in [-0.25, -0.2) is 0 Å². The van der Waals surface area contributed by atoms with Crippen LogP contribution in [0.2, 0.25) is 0 Å². The van der Waals surface area contributed by atoms with Gasteiger partial charge in [0.2, 0.25) is 0 Å². The summed E-state index contributed by atoms with van der Waals surface area (Å²) in [6.07, 6.45) is 0. The van der Waals surface area contributed by atoms with Crippen LogP contribution in [0, 0.1) is 0 Å². The summed E-state index contributed by atoms with van der Waals surface area (Å²) in [5, 5.41) is 0. The second kappa shape index (κ2) is 26.9. The molecule has 0 aromatic heterocycles. The minimum atomic E-state index is 0. The number of hydrogen-bond donors (Lipinski definition) is 0. The summed E-state index contributed by atoms with van der Waals surface area (Å²) in [6.45, 7) is 0. The van der Waals surface area contributed by atoms with Gasteiger partial charge in [-0.05, 0) is 0 Å². The van der Waals surface area contributed by atoms with Crippen molar-refractivity contribution in [3.8, 4) is 0 Å². The topological polar surface area (TPSA) is 48.6 Å². The maximum atomic E-state index is 8.34. The molecule has 0 rings (SSSR count). The third kappa shape index (κ3) is 10.2. The molecule has 0 bridgehead atoms. The van der Waals surface area contributed by atoms with Gasteiger partial charge in [0.15, 0.2) is 0 Å². The number of hydrogen-bond acceptors (Lipinski definition) is 1. The van der Waals surface area contributed by atoms with Gasteiger partial charge in [-0.1, -0.05) is 0 Å². The Hall–Kier alpha value is 1.34. The van der Waals surface area contributed by atoms with Gasteiger partial charge in [0, 0.05) is 0 Å². The number of rotatable bonds is 0. The Morgan fingerprint density at radius 3 is 1.25 bits per heavy atom. The van der Waals surface area contributed by atoms with Gasteiger partial charge in [0.25, 0.3) is 0 Å². The van der Waals surface area contributed by atoms with E-state index in [2.05, 4.69) is 0 Å². The molecule has 2 N–H and O–H groups in total. The first-order chi connectivity index (χ1) is 1.00. The molecule has 0 heterocycles. The summed E-state index contributed by atoms with van der Waals surface area (Å²) in [7, 11) is 0. The Kier molecular flexibility index (Phi) is 123. The molecule has 4 heteroatoms. The van der Waals surface area contributed by atoms with E-state index < -0.39 is 0 Å². The Bertz CT molecular complexity index is 6.00. The fourth-order valence-electron chi connectivity index (χ4n) is 0. The molecule has 0 aromatic rings. The SMILES string of the molecule is O.[MgH2].[O]=[SbH]. The molecule has 0 radical (unpaired) electrons. The molecule has 0 aliphatic heterocycles. The molecular formula is H5MgO2Sb. The second-order valence-corrected chi connectivity index (χ2v) is 0. The van der Waals surface area contributed by atoms with E-state index in [1.807, 2.05) is 0 Å². The van der Waals surface area contributed by atoms with E-state index in [4.69, 9.17) is 3.02 Å². The van der Waals surface area contributed by atoms with Gasteiger partial charge >= 0.3 is 49.1 Å². The van der Waals surface area contributed by atoms with Crippen LogP contribution in [0.25, 0.3) is 0 Å². The van der Waals surface area contributed by atoms with Crippen LogP contribution in [0.1, 0.15) is 0 Å². The van der Waals surface area contributed by atoms with Crippen molar-refractivity contribution in [1.29, 1.82) is 0 Å². The van der Waals surface area contributed by atoms with Crippen molar-refractivity contribution in [2.24, 2.45) is 0 Å². The van der Waals surface area contributed by atoms with Crippen molar-refractivity contribution >= 4 is 46.1 Å². The van der Waals surface area contributed by atoms with Crippen molar-refractivity contribution in [2.75, 3.05) is 0 Å². The molecule has 0 aromatic carbocycles. The molecule has 0 atom stereocenters. The van der Waals surface area contributed by atoms with Crippen molar-refractivity contribution in [3.05, 3.63) is 0 Å². The normalized spacial score (nSPS) is 1.00. The summed E-state index contributed by atoms with van der Waals surface area (Å²) in [6, 6.07) is 0. The molecule has 0 saturated carbocycles. The Morgan fingerprint density at radius 1 is 1.25 bits per heavy atom. The molecule has 0 unspecified atom stereocenters. The van der Waals surface area contributed by atoms with Gasteiger partial charge < -0.3 is 5.48 Å². The summed E-state index contributed by atoms with van der Waals surface area (Å²) in [4.78, 5) is 0. The second-order valence-electron chi connectivity index (χ2n) is 0. The van der Waals surface area contributed by atoms with E-state index in [1.165, 1.54) is 0 Å². The Balaban J connectivity index is -0.00000000500. The first kappa shape index (κ1) is 18.4. The molecular weight excluding hydrogens is 178 g/mol. The minimum absolute atomic E-state index is 0. The zero-order valence-corrected chi connectivity index (χ0v) is 4.26. The van der Waals surface area contributed by atoms with E-state index >= 15 is 0 Å². The van der Waals surface area contributed by atoms with E-state index in [1.54, 1.807) is 0 Å². The molecule has 24 valence electrons. The first-order valence-electron chi connectivity index (χ1n) is 0.204. The van der Waals surface area contributed by atoms with Gasteiger partial charge in [0.05, 0.1) is 0 Å². The van der Waals surface area contributed by atoms with Gasteiger partial charge in [-0.15, -0.1) is 0 Å². The predicted octanol–water partition coefficient (Wildman–Crippen LogP) is -2.51. The van der Waals surface area contributed by atoms with Crippen LogP contribution in [-0.2, 0) is 3.02 Å². The van der Waals surface area contributed by atoms with Crippen LogP contribution >= 0.6 is 0 Å². The van der Waals surface area contributed by atoms with Gasteiger partial charge in [0.1, 0.15) is 0 Å². The maximum absolute atomic E-state index is 8.34. The average Bonchev–Trinajstić information content (AvgIpc) is 1.00. The summed E-state index contributed by atoms with van der Waals surface area (Å²) < 4.78 is 8.34. The first-order valence-corrected chi connectivity index (χ1v) is 1.37. The summed E-state index contributed by atoms with van der Waals surface area (Å²) in [5.41, 5.74) is 0. The van der Waals surface area contributed by atoms with Crippen LogP contribution < -0.4 is 0 Å². The predicted molar refractivity (Wildman–Crippen MR) is 20.0 cm³/mol. The van der Waals surface area contributed by atoms with E-state index in [-0.39, 0.29) is 28.5 Å². The van der Waals surface area contributed by atoms with Crippen LogP contribution in [0.4, 0.5) is 0 Å². The van der Waals surface area contributed by atoms with Crippen LogP contribution in [0.3, 0.4) is 0 Å². The molecule has 0 spiro atoms. The summed E-state index contributed by atoms with van der Waals surface area (Å²) in [5.74, 6) is 0. The van der Waals surface area contributed by atoms with Crippen LogP contribution in [-0.4, -0.2) is 51.5 Å². The fourth-order valence-corrected chi connectivity index (χ4v) is 0. The summed E-state index contributed by atoms with van der Waals surface area (Å²) >= 11 is 0.300. The van der Waals surface area contributed by atoms with Crippen molar-refractivity contribution in [2.45, 2.75) is 0 Å². The molecule has 0 saturated heterocycles. The molecule has 4 heavy (non-hydrogen) atoms. The van der Waals surface area contributed by atoms with Crippen molar-refractivity contribution in [3.63, 3.8) is 0 Å². The fraction of sp³-hybridized carbons (Fsp3) is 0. The molecule has 0 amide bonds. The third-order valence-electron chi connectivity index (χ3n) is 0. The zero-order valence-electron chi connectivity index (χ0n) is 1.41. The Morgan fingerprint density at radius 2 is 1.25 bits per heavy atom. The molecule has 0 aliphatic rings. The average molecular weight is 183 g/mol. The zero-order chi connectivity index (χ0) is 2.00. The quantitative estimate of drug-likeness (QED) is 0.383. The van der Waals surface area contributed by atoms with Crippen molar-refractivity contribution in [1.82, 2.24) is 0 Å². The van der Waals surface area contributed by atoms with E-state index in [9.17, 15) is 0 Å². The Labute approximate surface area is 54.3 Å². The van der Waals surface area contributed by atoms with E-state index in [0.717, 1.165) is 0 Å². The standard InChI is InChI=1S/Mg.H2O.O.Sb.3H/h;1H2;;;;;. The molecule has 0 fully saturated rings. The van der Waals surface area contributed by atoms with Crippen molar-refractivity contribution < 1.29 is 8.49 Å². The molecule has 2 nitrogen and oxygen atoms in total. The monoisotopic (exact) mass is 182 g/mol.